The van der Waals surface area contributed by atoms with Crippen molar-refractivity contribution in [1.82, 2.24) is 0 Å². The summed E-state index contributed by atoms with van der Waals surface area (Å²) < 4.78 is 4.53. The van der Waals surface area contributed by atoms with E-state index in [1.54, 1.807) is 0 Å². The molecule has 0 heterocycles. The van der Waals surface area contributed by atoms with Crippen molar-refractivity contribution in [3.63, 3.8) is 0 Å². The molecule has 0 saturated carbocycles. The molecule has 0 amide bonds. The average molecular weight is 171 g/mol. The Labute approximate surface area is 75.3 Å². The van der Waals surface area contributed by atoms with Crippen LogP contribution in [0.1, 0.15) is 45.4 Å². The van der Waals surface area contributed by atoms with Crippen LogP contribution in [0.15, 0.2) is 0 Å². The van der Waals surface area contributed by atoms with Crippen molar-refractivity contribution in [2.45, 2.75) is 45.4 Å². The van der Waals surface area contributed by atoms with Crippen LogP contribution in [0.2, 0.25) is 0 Å². The van der Waals surface area contributed by atoms with Gasteiger partial charge < -0.3 is 4.74 Å². The molecular weight excluding hydrogens is 152 g/mol. The molecule has 0 N–H and O–H groups in total. The zero-order valence-corrected chi connectivity index (χ0v) is 8.14. The van der Waals surface area contributed by atoms with Crippen LogP contribution >= 0.6 is 0 Å². The fourth-order valence-corrected chi connectivity index (χ4v) is 1.07. The van der Waals surface area contributed by atoms with Gasteiger partial charge in [-0.1, -0.05) is 32.6 Å². The van der Waals surface area contributed by atoms with Crippen molar-refractivity contribution in [3.8, 4) is 0 Å². The highest BCUT2D eigenvalue weighted by Gasteiger charge is 1.98. The van der Waals surface area contributed by atoms with Gasteiger partial charge in [-0.15, -0.1) is 0 Å². The topological polar surface area (TPSA) is 26.3 Å². The maximum atomic E-state index is 10.7. The Morgan fingerprint density at radius 3 is 2.50 bits per heavy atom. The lowest BCUT2D eigenvalue weighted by Crippen LogP contribution is -1.98. The molecule has 0 unspecified atom stereocenters. The van der Waals surface area contributed by atoms with Crippen LogP contribution in [0.4, 0.5) is 0 Å². The largest absolute Gasteiger partial charge is 0.469 e. The van der Waals surface area contributed by atoms with Gasteiger partial charge in [0.1, 0.15) is 0 Å². The summed E-state index contributed by atoms with van der Waals surface area (Å²) in [6, 6.07) is 0. The molecule has 2 heteroatoms. The number of hydrogen-bond donors (Lipinski definition) is 0. The molecular formula is C10H19O2. The van der Waals surface area contributed by atoms with Crippen LogP contribution in [0.3, 0.4) is 0 Å². The zero-order chi connectivity index (χ0) is 9.23. The Hall–Kier alpha value is -0.530. The summed E-state index contributed by atoms with van der Waals surface area (Å²) in [7, 11) is 1.44. The van der Waals surface area contributed by atoms with Gasteiger partial charge in [0.15, 0.2) is 0 Å². The Kier molecular flexibility index (Phi) is 8.19. The molecule has 0 bridgehead atoms. The van der Waals surface area contributed by atoms with E-state index >= 15 is 0 Å². The standard InChI is InChI=1S/C10H19O2/c1-3-4-5-6-7-8-9-10(11)12-2/h3H,4-9H2,1-2H3. The predicted octanol–water partition coefficient (Wildman–Crippen LogP) is 2.72. The number of carbonyl (C=O) groups is 1. The monoisotopic (exact) mass is 171 g/mol. The Morgan fingerprint density at radius 2 is 1.92 bits per heavy atom. The SMILES string of the molecule is C[CH]CCCCCCC(=O)OC. The molecule has 0 aliphatic heterocycles. The van der Waals surface area contributed by atoms with Gasteiger partial charge >= 0.3 is 5.97 Å². The van der Waals surface area contributed by atoms with Crippen LogP contribution in [0.25, 0.3) is 0 Å². The molecule has 1 radical (unpaired) electrons. The molecule has 0 fully saturated rings. The number of carbonyl (C=O) groups excluding carboxylic acids is 1. The number of rotatable bonds is 7. The third-order valence-corrected chi connectivity index (χ3v) is 1.85. The molecule has 0 aliphatic rings. The van der Waals surface area contributed by atoms with Gasteiger partial charge in [0.05, 0.1) is 7.11 Å². The molecule has 0 atom stereocenters. The first-order valence-electron chi connectivity index (χ1n) is 4.66. The van der Waals surface area contributed by atoms with Crippen molar-refractivity contribution >= 4 is 5.97 Å². The lowest BCUT2D eigenvalue weighted by molar-refractivity contribution is -0.140. The van der Waals surface area contributed by atoms with E-state index in [0.29, 0.717) is 6.42 Å². The Bertz CT molecular complexity index is 110. The fraction of sp³-hybridized carbons (Fsp3) is 0.800. The van der Waals surface area contributed by atoms with Crippen molar-refractivity contribution in [1.29, 1.82) is 0 Å². The highest BCUT2D eigenvalue weighted by molar-refractivity contribution is 5.68. The summed E-state index contributed by atoms with van der Waals surface area (Å²) in [6.07, 6.45) is 8.53. The minimum atomic E-state index is -0.0861. The van der Waals surface area contributed by atoms with Crippen molar-refractivity contribution < 1.29 is 9.53 Å². The fourth-order valence-electron chi connectivity index (χ4n) is 1.07. The summed E-state index contributed by atoms with van der Waals surface area (Å²) in [6.45, 7) is 2.08. The first-order chi connectivity index (χ1) is 5.81. The second kappa shape index (κ2) is 8.57. The normalized spacial score (nSPS) is 9.83. The van der Waals surface area contributed by atoms with Gasteiger partial charge in [0, 0.05) is 6.42 Å². The predicted molar refractivity (Wildman–Crippen MR) is 49.7 cm³/mol. The molecule has 0 aromatic rings. The third kappa shape index (κ3) is 7.58. The quantitative estimate of drug-likeness (QED) is 0.435. The minimum absolute atomic E-state index is 0.0861. The van der Waals surface area contributed by atoms with E-state index < -0.39 is 0 Å². The van der Waals surface area contributed by atoms with Gasteiger partial charge in [0.25, 0.3) is 0 Å². The number of hydrogen-bond acceptors (Lipinski definition) is 2. The number of unbranched alkanes of at least 4 members (excludes halogenated alkanes) is 5. The van der Waals surface area contributed by atoms with Crippen molar-refractivity contribution in [2.75, 3.05) is 7.11 Å². The minimum Gasteiger partial charge on any atom is -0.469 e. The molecule has 0 aliphatic carbocycles. The summed E-state index contributed by atoms with van der Waals surface area (Å²) in [5, 5.41) is 0. The molecule has 0 aromatic heterocycles. The maximum Gasteiger partial charge on any atom is 0.305 e. The first-order valence-corrected chi connectivity index (χ1v) is 4.66. The molecule has 12 heavy (non-hydrogen) atoms. The van der Waals surface area contributed by atoms with Gasteiger partial charge in [-0.25, -0.2) is 0 Å². The third-order valence-electron chi connectivity index (χ3n) is 1.85. The summed E-state index contributed by atoms with van der Waals surface area (Å²) >= 11 is 0. The van der Waals surface area contributed by atoms with Crippen LogP contribution in [-0.4, -0.2) is 13.1 Å². The maximum absolute atomic E-state index is 10.7. The van der Waals surface area contributed by atoms with Crippen LogP contribution in [0.5, 0.6) is 0 Å². The highest BCUT2D eigenvalue weighted by Crippen LogP contribution is 2.06. The smallest absolute Gasteiger partial charge is 0.305 e. The first kappa shape index (κ1) is 11.5. The van der Waals surface area contributed by atoms with E-state index in [1.807, 2.05) is 0 Å². The van der Waals surface area contributed by atoms with Crippen LogP contribution in [-0.2, 0) is 9.53 Å². The van der Waals surface area contributed by atoms with E-state index in [9.17, 15) is 4.79 Å². The molecule has 0 saturated heterocycles. The second-order valence-corrected chi connectivity index (χ2v) is 2.94. The van der Waals surface area contributed by atoms with Crippen LogP contribution in [0, 0.1) is 6.42 Å². The Balaban J connectivity index is 2.95. The van der Waals surface area contributed by atoms with Gasteiger partial charge in [-0.05, 0) is 12.8 Å². The lowest BCUT2D eigenvalue weighted by Gasteiger charge is -1.99. The van der Waals surface area contributed by atoms with Crippen molar-refractivity contribution in [3.05, 3.63) is 6.42 Å². The van der Waals surface area contributed by atoms with E-state index in [-0.39, 0.29) is 5.97 Å². The summed E-state index contributed by atoms with van der Waals surface area (Å²) in [5.74, 6) is -0.0861. The van der Waals surface area contributed by atoms with Crippen molar-refractivity contribution in [2.24, 2.45) is 0 Å². The summed E-state index contributed by atoms with van der Waals surface area (Å²) in [4.78, 5) is 10.7. The second-order valence-electron chi connectivity index (χ2n) is 2.94. The van der Waals surface area contributed by atoms with E-state index in [2.05, 4.69) is 18.1 Å². The number of ether oxygens (including phenoxy) is 1. The molecule has 0 aromatic carbocycles. The van der Waals surface area contributed by atoms with E-state index in [1.165, 1.54) is 26.4 Å². The van der Waals surface area contributed by atoms with Gasteiger partial charge in [-0.3, -0.25) is 4.79 Å². The molecule has 0 rings (SSSR count). The zero-order valence-electron chi connectivity index (χ0n) is 8.14. The molecule has 71 valence electrons. The summed E-state index contributed by atoms with van der Waals surface area (Å²) in [5.41, 5.74) is 0. The lowest BCUT2D eigenvalue weighted by atomic mass is 10.1. The van der Waals surface area contributed by atoms with Gasteiger partial charge in [0.2, 0.25) is 0 Å². The van der Waals surface area contributed by atoms with Crippen LogP contribution < -0.4 is 0 Å². The molecule has 2 nitrogen and oxygen atoms in total. The number of esters is 1. The average Bonchev–Trinajstić information content (AvgIpc) is 2.10. The highest BCUT2D eigenvalue weighted by atomic mass is 16.5. The molecule has 0 spiro atoms. The van der Waals surface area contributed by atoms with Gasteiger partial charge in [-0.2, -0.15) is 0 Å². The van der Waals surface area contributed by atoms with E-state index in [4.69, 9.17) is 0 Å². The Morgan fingerprint density at radius 1 is 1.25 bits per heavy atom. The number of methoxy groups -OCH3 is 1. The van der Waals surface area contributed by atoms with E-state index in [0.717, 1.165) is 12.8 Å².